The molecular formula is C22H23Cl2N3O2S. The Balaban J connectivity index is 1.82. The van der Waals surface area contributed by atoms with Crippen molar-refractivity contribution in [2.45, 2.75) is 50.6 Å². The van der Waals surface area contributed by atoms with Crippen molar-refractivity contribution in [2.75, 3.05) is 11.1 Å². The van der Waals surface area contributed by atoms with Crippen molar-refractivity contribution in [1.82, 2.24) is 9.97 Å². The number of nitrogens with zero attached hydrogens (tertiary/aromatic N) is 1. The van der Waals surface area contributed by atoms with Crippen molar-refractivity contribution in [3.8, 4) is 0 Å². The molecule has 4 rings (SSSR count). The molecule has 0 saturated heterocycles. The highest BCUT2D eigenvalue weighted by atomic mass is 35.5. The summed E-state index contributed by atoms with van der Waals surface area (Å²) in [5.41, 5.74) is 2.48. The van der Waals surface area contributed by atoms with E-state index in [-0.39, 0.29) is 11.3 Å². The van der Waals surface area contributed by atoms with E-state index >= 15 is 0 Å². The van der Waals surface area contributed by atoms with E-state index in [1.54, 1.807) is 12.1 Å². The number of hydrogen-bond acceptors (Lipinski definition) is 5. The number of Topliss-reactive ketones (excluding diaryl/α,β-unsaturated/α-hetero) is 1. The highest BCUT2D eigenvalue weighted by molar-refractivity contribution is 7.99. The lowest BCUT2D eigenvalue weighted by molar-refractivity contribution is -0.116. The van der Waals surface area contributed by atoms with Gasteiger partial charge in [-0.1, -0.05) is 54.9 Å². The summed E-state index contributed by atoms with van der Waals surface area (Å²) in [4.78, 5) is 33.6. The first-order chi connectivity index (χ1) is 14.3. The Hall–Kier alpha value is -1.76. The number of carbonyl (C=O) groups is 1. The van der Waals surface area contributed by atoms with E-state index in [9.17, 15) is 9.59 Å². The molecule has 0 fully saturated rings. The Bertz CT molecular complexity index is 1090. The smallest absolute Gasteiger partial charge is 0.257 e. The predicted octanol–water partition coefficient (Wildman–Crippen LogP) is 5.78. The Labute approximate surface area is 189 Å². The third-order valence-corrected chi connectivity index (χ3v) is 7.09. The number of halogens is 2. The minimum Gasteiger partial charge on any atom is -0.343 e. The second kappa shape index (κ2) is 8.77. The number of rotatable bonds is 5. The highest BCUT2D eigenvalue weighted by Gasteiger charge is 2.38. The zero-order valence-corrected chi connectivity index (χ0v) is 19.2. The molecule has 5 nitrogen and oxygen atoms in total. The largest absolute Gasteiger partial charge is 0.343 e. The van der Waals surface area contributed by atoms with Gasteiger partial charge in [0.05, 0.1) is 15.6 Å². The fraction of sp³-hybridized carbons (Fsp3) is 0.409. The molecule has 2 aliphatic rings. The number of ketones is 1. The summed E-state index contributed by atoms with van der Waals surface area (Å²) in [5.74, 6) is 1.53. The number of H-pyrrole nitrogens is 1. The van der Waals surface area contributed by atoms with E-state index in [1.807, 2.05) is 6.07 Å². The fourth-order valence-electron chi connectivity index (χ4n) is 3.93. The minimum atomic E-state index is -0.509. The van der Waals surface area contributed by atoms with Crippen molar-refractivity contribution in [3.63, 3.8) is 0 Å². The Morgan fingerprint density at radius 3 is 2.73 bits per heavy atom. The number of carbonyl (C=O) groups excluding carboxylic acids is 1. The molecular weight excluding hydrogens is 441 g/mol. The highest BCUT2D eigenvalue weighted by Crippen LogP contribution is 2.44. The normalized spacial score (nSPS) is 18.3. The van der Waals surface area contributed by atoms with Crippen LogP contribution in [0.3, 0.4) is 0 Å². The molecule has 1 unspecified atom stereocenters. The van der Waals surface area contributed by atoms with E-state index in [0.29, 0.717) is 44.5 Å². The summed E-state index contributed by atoms with van der Waals surface area (Å²) in [6.07, 6.45) is 3.05. The van der Waals surface area contributed by atoms with Crippen molar-refractivity contribution in [1.29, 1.82) is 0 Å². The van der Waals surface area contributed by atoms with Crippen LogP contribution in [0.25, 0.3) is 0 Å². The molecule has 1 aliphatic heterocycles. The molecule has 8 heteroatoms. The average molecular weight is 464 g/mol. The summed E-state index contributed by atoms with van der Waals surface area (Å²) in [6, 6.07) is 5.26. The van der Waals surface area contributed by atoms with Crippen molar-refractivity contribution in [2.24, 2.45) is 5.92 Å². The van der Waals surface area contributed by atoms with E-state index in [0.717, 1.165) is 36.3 Å². The average Bonchev–Trinajstić information content (AvgIpc) is 2.68. The molecule has 0 radical (unpaired) electrons. The summed E-state index contributed by atoms with van der Waals surface area (Å²) in [5, 5.41) is 4.71. The van der Waals surface area contributed by atoms with E-state index in [1.165, 1.54) is 11.8 Å². The first kappa shape index (κ1) is 21.5. The van der Waals surface area contributed by atoms with Gasteiger partial charge in [-0.25, -0.2) is 4.98 Å². The third kappa shape index (κ3) is 4.18. The second-order valence-corrected chi connectivity index (χ2v) is 9.96. The van der Waals surface area contributed by atoms with E-state index in [4.69, 9.17) is 28.2 Å². The van der Waals surface area contributed by atoms with Crippen LogP contribution in [-0.2, 0) is 4.79 Å². The van der Waals surface area contributed by atoms with Crippen LogP contribution in [0.2, 0.25) is 10.0 Å². The number of fused-ring (bicyclic) bond motifs is 1. The monoisotopic (exact) mass is 463 g/mol. The third-order valence-electron chi connectivity index (χ3n) is 5.45. The molecule has 2 heterocycles. The molecule has 0 amide bonds. The summed E-state index contributed by atoms with van der Waals surface area (Å²) < 4.78 is 0. The van der Waals surface area contributed by atoms with Crippen LogP contribution < -0.4 is 10.9 Å². The van der Waals surface area contributed by atoms with Crippen LogP contribution in [0.15, 0.2) is 39.4 Å². The summed E-state index contributed by atoms with van der Waals surface area (Å²) in [6.45, 7) is 4.34. The van der Waals surface area contributed by atoms with E-state index < -0.39 is 5.92 Å². The van der Waals surface area contributed by atoms with Gasteiger partial charge in [0.1, 0.15) is 5.82 Å². The van der Waals surface area contributed by atoms with Crippen LogP contribution in [0.1, 0.15) is 56.6 Å². The maximum atomic E-state index is 13.2. The van der Waals surface area contributed by atoms with E-state index in [2.05, 4.69) is 24.1 Å². The van der Waals surface area contributed by atoms with Crippen molar-refractivity contribution < 1.29 is 4.79 Å². The molecule has 0 saturated carbocycles. The fourth-order valence-corrected chi connectivity index (χ4v) is 5.34. The Kier molecular flexibility index (Phi) is 6.28. The predicted molar refractivity (Wildman–Crippen MR) is 123 cm³/mol. The lowest BCUT2D eigenvalue weighted by Gasteiger charge is -2.32. The maximum Gasteiger partial charge on any atom is 0.257 e. The number of aromatic nitrogens is 2. The van der Waals surface area contributed by atoms with Crippen LogP contribution in [0.5, 0.6) is 0 Å². The second-order valence-electron chi connectivity index (χ2n) is 8.06. The van der Waals surface area contributed by atoms with Gasteiger partial charge in [-0.15, -0.1) is 0 Å². The lowest BCUT2D eigenvalue weighted by Crippen LogP contribution is -2.32. The van der Waals surface area contributed by atoms with Crippen LogP contribution in [-0.4, -0.2) is 21.5 Å². The van der Waals surface area contributed by atoms with Crippen LogP contribution >= 0.6 is 35.0 Å². The van der Waals surface area contributed by atoms with Gasteiger partial charge in [-0.05, 0) is 42.9 Å². The number of hydrogen-bond donors (Lipinski definition) is 2. The van der Waals surface area contributed by atoms with Crippen molar-refractivity contribution in [3.05, 3.63) is 61.0 Å². The number of allylic oxidation sites excluding steroid dienone is 2. The van der Waals surface area contributed by atoms with Gasteiger partial charge in [-0.2, -0.15) is 0 Å². The van der Waals surface area contributed by atoms with Gasteiger partial charge >= 0.3 is 0 Å². The first-order valence-electron chi connectivity index (χ1n) is 10.1. The molecule has 158 valence electrons. The number of benzene rings is 1. The van der Waals surface area contributed by atoms with Crippen LogP contribution in [0.4, 0.5) is 5.82 Å². The Morgan fingerprint density at radius 1 is 1.20 bits per heavy atom. The quantitative estimate of drug-likeness (QED) is 0.434. The SMILES string of the molecule is CC(C)CCSc1nc2c(c(=O)[nH]1)C(c1ccc(Cl)c(Cl)c1)C1=C(CCCC1=O)N2. The summed E-state index contributed by atoms with van der Waals surface area (Å²) >= 11 is 13.9. The van der Waals surface area contributed by atoms with Crippen molar-refractivity contribution >= 4 is 46.6 Å². The molecule has 1 aliphatic carbocycles. The number of aromatic amines is 1. The minimum absolute atomic E-state index is 0.0558. The summed E-state index contributed by atoms with van der Waals surface area (Å²) in [7, 11) is 0. The van der Waals surface area contributed by atoms with Crippen LogP contribution in [0, 0.1) is 5.92 Å². The molecule has 2 aromatic rings. The molecule has 0 spiro atoms. The van der Waals surface area contributed by atoms with Gasteiger partial charge in [0, 0.05) is 29.4 Å². The number of nitrogens with one attached hydrogen (secondary N) is 2. The molecule has 1 aromatic carbocycles. The Morgan fingerprint density at radius 2 is 2.00 bits per heavy atom. The zero-order chi connectivity index (χ0) is 21.4. The molecule has 1 atom stereocenters. The zero-order valence-electron chi connectivity index (χ0n) is 16.9. The van der Waals surface area contributed by atoms with Gasteiger partial charge in [-0.3, -0.25) is 9.59 Å². The van der Waals surface area contributed by atoms with Gasteiger partial charge in [0.25, 0.3) is 5.56 Å². The molecule has 30 heavy (non-hydrogen) atoms. The lowest BCUT2D eigenvalue weighted by atomic mass is 9.76. The molecule has 1 aromatic heterocycles. The number of anilines is 1. The van der Waals surface area contributed by atoms with Gasteiger partial charge < -0.3 is 10.3 Å². The molecule has 0 bridgehead atoms. The first-order valence-corrected chi connectivity index (χ1v) is 11.8. The number of thioether (sulfide) groups is 1. The molecule has 2 N–H and O–H groups in total. The van der Waals surface area contributed by atoms with Gasteiger partial charge in [0.15, 0.2) is 10.9 Å². The topological polar surface area (TPSA) is 74.8 Å². The maximum absolute atomic E-state index is 13.2. The standard InChI is InChI=1S/C22H23Cl2N3O2S/c1-11(2)8-9-30-22-26-20-19(21(29)27-22)17(12-6-7-13(23)14(24)10-12)18-15(25-20)4-3-5-16(18)28/h6-7,10-11,17H,3-5,8-9H2,1-2H3,(H2,25,26,27,29). The van der Waals surface area contributed by atoms with Gasteiger partial charge in [0.2, 0.25) is 0 Å².